The molecule has 0 saturated heterocycles. The van der Waals surface area contributed by atoms with Gasteiger partial charge in [-0.2, -0.15) is 0 Å². The van der Waals surface area contributed by atoms with Crippen LogP contribution in [0, 0.1) is 42.2 Å². The molecule has 2 aliphatic rings. The Balaban J connectivity index is 1.36. The Morgan fingerprint density at radius 3 is 1.96 bits per heavy atom. The molecule has 0 bridgehead atoms. The van der Waals surface area contributed by atoms with Crippen LogP contribution in [0.1, 0.15) is 76.7 Å². The molecule has 1 aromatic carbocycles. The predicted molar refractivity (Wildman–Crippen MR) is 107 cm³/mol. The van der Waals surface area contributed by atoms with E-state index in [0.717, 1.165) is 23.8 Å². The Hall–Kier alpha value is -0.703. The first-order valence-electron chi connectivity index (χ1n) is 10.7. The molecule has 1 aromatic rings. The Bertz CT molecular complexity index is 570. The van der Waals surface area contributed by atoms with Gasteiger partial charge in [-0.1, -0.05) is 89.3 Å². The molecule has 2 aliphatic carbocycles. The summed E-state index contributed by atoms with van der Waals surface area (Å²) in [7, 11) is 0.406. The van der Waals surface area contributed by atoms with Gasteiger partial charge in [-0.05, 0) is 41.3 Å². The fourth-order valence-electron chi connectivity index (χ4n) is 4.85. The molecule has 3 heteroatoms. The number of hydrogen-bond acceptors (Lipinski definition) is 0. The highest BCUT2D eigenvalue weighted by molar-refractivity contribution is 6.53. The molecule has 0 aliphatic heterocycles. The number of aryl methyl sites for hydroxylation is 1. The number of hydrogen-bond donors (Lipinski definition) is 0. The lowest BCUT2D eigenvalue weighted by atomic mass is 9.76. The van der Waals surface area contributed by atoms with E-state index in [0.29, 0.717) is 26.2 Å². The normalized spacial score (nSPS) is 29.7. The van der Waals surface area contributed by atoms with Gasteiger partial charge in [-0.25, -0.2) is 8.78 Å². The largest absolute Gasteiger partial charge is 0.204 e. The van der Waals surface area contributed by atoms with Gasteiger partial charge >= 0.3 is 0 Å². The average Bonchev–Trinajstić information content (AvgIpc) is 2.66. The van der Waals surface area contributed by atoms with Gasteiger partial charge in [0.1, 0.15) is 0 Å². The van der Waals surface area contributed by atoms with Gasteiger partial charge in [0.05, 0.1) is 9.52 Å². The second kappa shape index (κ2) is 9.48. The van der Waals surface area contributed by atoms with Crippen LogP contribution in [-0.2, 0) is 0 Å². The minimum atomic E-state index is -0.657. The van der Waals surface area contributed by atoms with Gasteiger partial charge in [-0.15, -0.1) is 0 Å². The van der Waals surface area contributed by atoms with E-state index in [4.69, 9.17) is 0 Å². The van der Waals surface area contributed by atoms with Crippen molar-refractivity contribution in [3.05, 3.63) is 29.3 Å². The van der Waals surface area contributed by atoms with Gasteiger partial charge < -0.3 is 0 Å². The van der Waals surface area contributed by atoms with Crippen molar-refractivity contribution in [2.24, 2.45) is 23.7 Å². The summed E-state index contributed by atoms with van der Waals surface area (Å²) in [5.41, 5.74) is 0.406. The van der Waals surface area contributed by atoms with Gasteiger partial charge in [0.25, 0.3) is 0 Å². The molecule has 3 rings (SSSR count). The second-order valence-electron chi connectivity index (χ2n) is 9.03. The van der Waals surface area contributed by atoms with E-state index in [-0.39, 0.29) is 0 Å². The van der Waals surface area contributed by atoms with Crippen LogP contribution in [0.5, 0.6) is 0 Å². The standard InChI is InChI=1S/C23H34F2Si/c1-16-3-6-18(7-4-16)8-9-19-10-12-20(13-11-19)15-26-21-14-5-17(2)22(24)23(21)25/h5,14,16,18-20H,3-4,6-13,15H2,1-2H3. The van der Waals surface area contributed by atoms with E-state index >= 15 is 0 Å². The lowest BCUT2D eigenvalue weighted by Gasteiger charge is -2.31. The monoisotopic (exact) mass is 376 g/mol. The molecule has 144 valence electrons. The molecule has 0 amide bonds. The van der Waals surface area contributed by atoms with Crippen molar-refractivity contribution in [1.82, 2.24) is 0 Å². The number of halogens is 2. The van der Waals surface area contributed by atoms with E-state index in [2.05, 4.69) is 6.92 Å². The van der Waals surface area contributed by atoms with Crippen molar-refractivity contribution >= 4 is 14.7 Å². The molecule has 0 N–H and O–H groups in total. The molecule has 2 fully saturated rings. The number of rotatable bonds is 6. The number of benzene rings is 1. The van der Waals surface area contributed by atoms with Gasteiger partial charge in [-0.3, -0.25) is 0 Å². The highest BCUT2D eigenvalue weighted by Gasteiger charge is 2.24. The lowest BCUT2D eigenvalue weighted by molar-refractivity contribution is 0.227. The van der Waals surface area contributed by atoms with Crippen LogP contribution in [-0.4, -0.2) is 9.52 Å². The van der Waals surface area contributed by atoms with E-state index in [9.17, 15) is 8.78 Å². The molecular formula is C23H34F2Si. The maximum atomic E-state index is 14.0. The third-order valence-electron chi connectivity index (χ3n) is 6.94. The fraction of sp³-hybridized carbons (Fsp3) is 0.739. The molecule has 26 heavy (non-hydrogen) atoms. The van der Waals surface area contributed by atoms with Gasteiger partial charge in [0, 0.05) is 0 Å². The van der Waals surface area contributed by atoms with E-state index in [1.807, 2.05) is 0 Å². The maximum absolute atomic E-state index is 14.0. The molecule has 0 atom stereocenters. The zero-order valence-electron chi connectivity index (χ0n) is 16.5. The van der Waals surface area contributed by atoms with E-state index in [1.165, 1.54) is 64.2 Å². The Morgan fingerprint density at radius 2 is 1.35 bits per heavy atom. The third kappa shape index (κ3) is 5.40. The Kier molecular flexibility index (Phi) is 7.31. The van der Waals surface area contributed by atoms with Crippen molar-refractivity contribution in [3.8, 4) is 0 Å². The summed E-state index contributed by atoms with van der Waals surface area (Å²) < 4.78 is 27.7. The van der Waals surface area contributed by atoms with E-state index < -0.39 is 11.6 Å². The molecule has 0 heterocycles. The summed E-state index contributed by atoms with van der Waals surface area (Å²) in [5.74, 6) is 2.31. The first-order valence-corrected chi connectivity index (χ1v) is 11.9. The molecular weight excluding hydrogens is 342 g/mol. The third-order valence-corrected chi connectivity index (χ3v) is 8.49. The SMILES string of the molecule is Cc1ccc([Si]CC2CCC(CCC3CCC(C)CC3)CC2)c(F)c1F. The van der Waals surface area contributed by atoms with Crippen LogP contribution in [0.3, 0.4) is 0 Å². The maximum Gasteiger partial charge on any atom is 0.161 e. The van der Waals surface area contributed by atoms with Crippen molar-refractivity contribution < 1.29 is 8.78 Å². The minimum Gasteiger partial charge on any atom is -0.204 e. The Morgan fingerprint density at radius 1 is 0.808 bits per heavy atom. The van der Waals surface area contributed by atoms with Crippen LogP contribution >= 0.6 is 0 Å². The fourth-order valence-corrected chi connectivity index (χ4v) is 6.23. The Labute approximate surface area is 161 Å². The van der Waals surface area contributed by atoms with Crippen LogP contribution in [0.25, 0.3) is 0 Å². The van der Waals surface area contributed by atoms with Crippen LogP contribution in [0.15, 0.2) is 12.1 Å². The zero-order valence-corrected chi connectivity index (χ0v) is 17.5. The first-order chi connectivity index (χ1) is 12.5. The summed E-state index contributed by atoms with van der Waals surface area (Å²) in [5, 5.41) is 0.585. The average molecular weight is 377 g/mol. The van der Waals surface area contributed by atoms with Crippen molar-refractivity contribution in [1.29, 1.82) is 0 Å². The van der Waals surface area contributed by atoms with Gasteiger partial charge in [0.2, 0.25) is 0 Å². The highest BCUT2D eigenvalue weighted by atomic mass is 28.2. The zero-order chi connectivity index (χ0) is 18.5. The minimum absolute atomic E-state index is 0.406. The van der Waals surface area contributed by atoms with Crippen molar-refractivity contribution in [2.45, 2.75) is 84.1 Å². The summed E-state index contributed by atoms with van der Waals surface area (Å²) in [6.07, 6.45) is 13.9. The highest BCUT2D eigenvalue weighted by Crippen LogP contribution is 2.37. The van der Waals surface area contributed by atoms with Crippen molar-refractivity contribution in [3.63, 3.8) is 0 Å². The van der Waals surface area contributed by atoms with Crippen molar-refractivity contribution in [2.75, 3.05) is 0 Å². The van der Waals surface area contributed by atoms with Crippen LogP contribution in [0.2, 0.25) is 6.04 Å². The molecule has 0 unspecified atom stereocenters. The molecule has 0 spiro atoms. The topological polar surface area (TPSA) is 0 Å². The first kappa shape index (κ1) is 20.0. The molecule has 2 radical (unpaired) electrons. The smallest absolute Gasteiger partial charge is 0.161 e. The summed E-state index contributed by atoms with van der Waals surface area (Å²) in [6, 6.07) is 4.53. The summed E-state index contributed by atoms with van der Waals surface area (Å²) in [6.45, 7) is 4.02. The summed E-state index contributed by atoms with van der Waals surface area (Å²) in [4.78, 5) is 0. The summed E-state index contributed by atoms with van der Waals surface area (Å²) >= 11 is 0. The lowest BCUT2D eigenvalue weighted by Crippen LogP contribution is -2.24. The quantitative estimate of drug-likeness (QED) is 0.502. The van der Waals surface area contributed by atoms with Gasteiger partial charge in [0.15, 0.2) is 11.6 Å². The molecule has 2 saturated carbocycles. The molecule has 0 aromatic heterocycles. The predicted octanol–water partition coefficient (Wildman–Crippen LogP) is 6.43. The van der Waals surface area contributed by atoms with E-state index in [1.54, 1.807) is 19.1 Å². The van der Waals surface area contributed by atoms with Crippen LogP contribution in [0.4, 0.5) is 8.78 Å². The second-order valence-corrected chi connectivity index (χ2v) is 10.3. The molecule has 0 nitrogen and oxygen atoms in total. The van der Waals surface area contributed by atoms with Crippen LogP contribution < -0.4 is 5.19 Å².